The number of amides is 1. The second-order valence-electron chi connectivity index (χ2n) is 5.88. The molecule has 0 bridgehead atoms. The van der Waals surface area contributed by atoms with Crippen LogP contribution in [0.3, 0.4) is 0 Å². The number of likely N-dealkylation sites (N-methyl/N-ethyl adjacent to an activating group) is 1. The van der Waals surface area contributed by atoms with Gasteiger partial charge in [0, 0.05) is 24.4 Å². The molecule has 2 rings (SSSR count). The third-order valence-corrected chi connectivity index (χ3v) is 3.80. The van der Waals surface area contributed by atoms with Gasteiger partial charge < -0.3 is 19.5 Å². The molecule has 2 aromatic carbocycles. The van der Waals surface area contributed by atoms with Crippen LogP contribution in [0.1, 0.15) is 5.56 Å². The predicted octanol–water partition coefficient (Wildman–Crippen LogP) is 3.06. The smallest absolute Gasteiger partial charge is 0.238 e. The molecule has 1 N–H and O–H groups in total. The molecule has 27 heavy (non-hydrogen) atoms. The van der Waals surface area contributed by atoms with Crippen molar-refractivity contribution < 1.29 is 27.8 Å². The van der Waals surface area contributed by atoms with E-state index in [1.165, 1.54) is 27.4 Å². The number of nitrogens with one attached hydrogen (secondary N) is 1. The van der Waals surface area contributed by atoms with Crippen LogP contribution in [-0.2, 0) is 11.3 Å². The Morgan fingerprint density at radius 3 is 2.15 bits per heavy atom. The molecule has 0 aliphatic carbocycles. The van der Waals surface area contributed by atoms with Crippen LogP contribution >= 0.6 is 0 Å². The Bertz CT molecular complexity index is 789. The number of benzene rings is 2. The summed E-state index contributed by atoms with van der Waals surface area (Å²) in [5, 5.41) is 2.75. The minimum absolute atomic E-state index is 0.0512. The van der Waals surface area contributed by atoms with E-state index in [0.29, 0.717) is 35.0 Å². The Morgan fingerprint density at radius 1 is 1.00 bits per heavy atom. The van der Waals surface area contributed by atoms with Crippen molar-refractivity contribution in [2.24, 2.45) is 0 Å². The zero-order valence-electron chi connectivity index (χ0n) is 15.6. The van der Waals surface area contributed by atoms with Crippen LogP contribution < -0.4 is 19.5 Å². The van der Waals surface area contributed by atoms with E-state index in [9.17, 15) is 13.6 Å². The van der Waals surface area contributed by atoms with Crippen LogP contribution in [0.25, 0.3) is 0 Å². The van der Waals surface area contributed by atoms with Crippen LogP contribution in [0.15, 0.2) is 30.3 Å². The summed E-state index contributed by atoms with van der Waals surface area (Å²) in [4.78, 5) is 14.0. The Kier molecular flexibility index (Phi) is 6.95. The zero-order chi connectivity index (χ0) is 20.0. The number of ether oxygens (including phenoxy) is 3. The fraction of sp³-hybridized carbons (Fsp3) is 0.316. The molecule has 6 nitrogen and oxygen atoms in total. The largest absolute Gasteiger partial charge is 0.493 e. The van der Waals surface area contributed by atoms with Crippen molar-refractivity contribution in [3.63, 3.8) is 0 Å². The maximum absolute atomic E-state index is 13.3. The standard InChI is InChI=1S/C19H22F2N2O4/c1-23(10-12-5-6-14(20)15(21)7-12)11-18(24)22-13-8-16(25-2)19(27-4)17(9-13)26-3/h5-9H,10-11H2,1-4H3,(H,22,24). The molecule has 0 saturated carbocycles. The number of anilines is 1. The van der Waals surface area contributed by atoms with Gasteiger partial charge in [-0.2, -0.15) is 0 Å². The lowest BCUT2D eigenvalue weighted by Gasteiger charge is -2.18. The fourth-order valence-corrected chi connectivity index (χ4v) is 2.60. The van der Waals surface area contributed by atoms with E-state index in [1.54, 1.807) is 24.1 Å². The molecule has 1 amide bonds. The number of rotatable bonds is 8. The van der Waals surface area contributed by atoms with Gasteiger partial charge in [0.25, 0.3) is 0 Å². The first-order chi connectivity index (χ1) is 12.9. The number of halogens is 2. The van der Waals surface area contributed by atoms with E-state index in [1.807, 2.05) is 0 Å². The van der Waals surface area contributed by atoms with E-state index in [0.717, 1.165) is 12.1 Å². The molecule has 2 aromatic rings. The molecule has 0 aliphatic rings. The van der Waals surface area contributed by atoms with E-state index in [4.69, 9.17) is 14.2 Å². The maximum Gasteiger partial charge on any atom is 0.238 e. The normalized spacial score (nSPS) is 10.6. The summed E-state index contributed by atoms with van der Waals surface area (Å²) in [6, 6.07) is 6.90. The minimum atomic E-state index is -0.914. The number of hydrogen-bond acceptors (Lipinski definition) is 5. The maximum atomic E-state index is 13.3. The average molecular weight is 380 g/mol. The second-order valence-corrected chi connectivity index (χ2v) is 5.88. The molecular weight excluding hydrogens is 358 g/mol. The first-order valence-corrected chi connectivity index (χ1v) is 8.10. The number of carbonyl (C=O) groups excluding carboxylic acids is 1. The van der Waals surface area contributed by atoms with Crippen molar-refractivity contribution in [3.05, 3.63) is 47.5 Å². The van der Waals surface area contributed by atoms with Gasteiger partial charge in [-0.25, -0.2) is 8.78 Å². The third-order valence-electron chi connectivity index (χ3n) is 3.80. The summed E-state index contributed by atoms with van der Waals surface area (Å²) in [5.74, 6) is -0.836. The highest BCUT2D eigenvalue weighted by Gasteiger charge is 2.15. The van der Waals surface area contributed by atoms with E-state index in [-0.39, 0.29) is 12.5 Å². The third kappa shape index (κ3) is 5.30. The summed E-state index contributed by atoms with van der Waals surface area (Å²) in [6.45, 7) is 0.343. The van der Waals surface area contributed by atoms with Crippen molar-refractivity contribution in [2.75, 3.05) is 40.2 Å². The molecule has 0 saturated heterocycles. The quantitative estimate of drug-likeness (QED) is 0.763. The SMILES string of the molecule is COc1cc(NC(=O)CN(C)Cc2ccc(F)c(F)c2)cc(OC)c1OC. The monoisotopic (exact) mass is 380 g/mol. The minimum Gasteiger partial charge on any atom is -0.493 e. The summed E-state index contributed by atoms with van der Waals surface area (Å²) in [6.07, 6.45) is 0. The van der Waals surface area contributed by atoms with Crippen LogP contribution in [0.5, 0.6) is 17.2 Å². The summed E-state index contributed by atoms with van der Waals surface area (Å²) in [7, 11) is 6.17. The van der Waals surface area contributed by atoms with Gasteiger partial charge in [0.05, 0.1) is 27.9 Å². The highest BCUT2D eigenvalue weighted by Crippen LogP contribution is 2.39. The van der Waals surface area contributed by atoms with Gasteiger partial charge >= 0.3 is 0 Å². The van der Waals surface area contributed by atoms with Crippen molar-refractivity contribution >= 4 is 11.6 Å². The molecule has 0 fully saturated rings. The Labute approximate surface area is 156 Å². The zero-order valence-corrected chi connectivity index (χ0v) is 15.6. The van der Waals surface area contributed by atoms with Gasteiger partial charge in [-0.1, -0.05) is 6.07 Å². The number of carbonyl (C=O) groups is 1. The lowest BCUT2D eigenvalue weighted by Crippen LogP contribution is -2.29. The molecule has 8 heteroatoms. The fourth-order valence-electron chi connectivity index (χ4n) is 2.60. The van der Waals surface area contributed by atoms with Crippen molar-refractivity contribution in [1.29, 1.82) is 0 Å². The van der Waals surface area contributed by atoms with E-state index in [2.05, 4.69) is 5.32 Å². The molecule has 0 spiro atoms. The molecule has 0 radical (unpaired) electrons. The summed E-state index contributed by atoms with van der Waals surface area (Å²) < 4.78 is 42.0. The molecule has 0 unspecified atom stereocenters. The predicted molar refractivity (Wildman–Crippen MR) is 97.4 cm³/mol. The van der Waals surface area contributed by atoms with Gasteiger partial charge in [-0.15, -0.1) is 0 Å². The van der Waals surface area contributed by atoms with Crippen molar-refractivity contribution in [3.8, 4) is 17.2 Å². The average Bonchev–Trinajstić information content (AvgIpc) is 2.63. The number of hydrogen-bond donors (Lipinski definition) is 1. The van der Waals surface area contributed by atoms with Crippen LogP contribution in [0, 0.1) is 11.6 Å². The Morgan fingerprint density at radius 2 is 1.63 bits per heavy atom. The Balaban J connectivity index is 2.03. The van der Waals surface area contributed by atoms with Gasteiger partial charge in [0.15, 0.2) is 23.1 Å². The second kappa shape index (κ2) is 9.18. The number of methoxy groups -OCH3 is 3. The highest BCUT2D eigenvalue weighted by atomic mass is 19.2. The molecule has 0 aromatic heterocycles. The molecule has 0 atom stereocenters. The van der Waals surface area contributed by atoms with Crippen LogP contribution in [-0.4, -0.2) is 45.7 Å². The van der Waals surface area contributed by atoms with E-state index >= 15 is 0 Å². The van der Waals surface area contributed by atoms with Crippen LogP contribution in [0.4, 0.5) is 14.5 Å². The van der Waals surface area contributed by atoms with Gasteiger partial charge in [0.2, 0.25) is 11.7 Å². The topological polar surface area (TPSA) is 60.0 Å². The Hall–Kier alpha value is -2.87. The molecule has 0 heterocycles. The highest BCUT2D eigenvalue weighted by molar-refractivity contribution is 5.93. The first kappa shape index (κ1) is 20.4. The van der Waals surface area contributed by atoms with Gasteiger partial charge in [0.1, 0.15) is 0 Å². The molecule has 146 valence electrons. The lowest BCUT2D eigenvalue weighted by atomic mass is 10.2. The van der Waals surface area contributed by atoms with Gasteiger partial charge in [-0.3, -0.25) is 9.69 Å². The summed E-state index contributed by atoms with van der Waals surface area (Å²) in [5.41, 5.74) is 1.05. The van der Waals surface area contributed by atoms with Crippen LogP contribution in [0.2, 0.25) is 0 Å². The molecule has 0 aliphatic heterocycles. The van der Waals surface area contributed by atoms with Crippen molar-refractivity contribution in [2.45, 2.75) is 6.54 Å². The first-order valence-electron chi connectivity index (χ1n) is 8.10. The summed E-state index contributed by atoms with van der Waals surface area (Å²) >= 11 is 0. The van der Waals surface area contributed by atoms with Gasteiger partial charge in [-0.05, 0) is 24.7 Å². The number of nitrogens with zero attached hydrogens (tertiary/aromatic N) is 1. The van der Waals surface area contributed by atoms with E-state index < -0.39 is 11.6 Å². The van der Waals surface area contributed by atoms with Crippen molar-refractivity contribution in [1.82, 2.24) is 4.90 Å². The molecular formula is C19H22F2N2O4. The lowest BCUT2D eigenvalue weighted by molar-refractivity contribution is -0.117.